The summed E-state index contributed by atoms with van der Waals surface area (Å²) in [5.41, 5.74) is 8.06. The number of anilines is 2. The molecule has 0 radical (unpaired) electrons. The molecule has 0 saturated heterocycles. The van der Waals surface area contributed by atoms with Crippen LogP contribution in [0.5, 0.6) is 0 Å². The lowest BCUT2D eigenvalue weighted by atomic mass is 10.1. The van der Waals surface area contributed by atoms with Gasteiger partial charge in [-0.2, -0.15) is 4.99 Å². The van der Waals surface area contributed by atoms with E-state index in [0.29, 0.717) is 28.1 Å². The van der Waals surface area contributed by atoms with E-state index in [9.17, 15) is 26.4 Å². The van der Waals surface area contributed by atoms with E-state index < -0.39 is 32.0 Å². The molecule has 3 amide bonds. The van der Waals surface area contributed by atoms with Crippen molar-refractivity contribution in [2.45, 2.75) is 16.3 Å². The average molecular weight is 607 g/mol. The normalized spacial score (nSPS) is 12.0. The first kappa shape index (κ1) is 30.1. The Morgan fingerprint density at radius 1 is 0.690 bits per heavy atom. The van der Waals surface area contributed by atoms with E-state index in [1.807, 2.05) is 0 Å². The summed E-state index contributed by atoms with van der Waals surface area (Å²) in [4.78, 5) is 28.7. The van der Waals surface area contributed by atoms with E-state index in [-0.39, 0.29) is 22.2 Å². The van der Waals surface area contributed by atoms with Gasteiger partial charge in [-0.3, -0.25) is 4.79 Å². The number of urea groups is 1. The second-order valence-electron chi connectivity index (χ2n) is 8.87. The fourth-order valence-electron chi connectivity index (χ4n) is 3.65. The highest BCUT2D eigenvalue weighted by Crippen LogP contribution is 2.17. The molecule has 0 aliphatic rings. The predicted molar refractivity (Wildman–Crippen MR) is 159 cm³/mol. The number of rotatable bonds is 9. The zero-order valence-electron chi connectivity index (χ0n) is 21.9. The Bertz CT molecular complexity index is 1840. The molecule has 0 heterocycles. The second kappa shape index (κ2) is 12.7. The summed E-state index contributed by atoms with van der Waals surface area (Å²) in [7, 11) is -7.75. The maximum Gasteiger partial charge on any atom is 0.323 e. The van der Waals surface area contributed by atoms with Crippen LogP contribution in [0.25, 0.3) is 0 Å². The van der Waals surface area contributed by atoms with Crippen LogP contribution in [0, 0.1) is 0 Å². The maximum absolute atomic E-state index is 12.7. The summed E-state index contributed by atoms with van der Waals surface area (Å²) in [5, 5.41) is 10.3. The number of amides is 3. The summed E-state index contributed by atoms with van der Waals surface area (Å²) in [6.45, 7) is -0.0790. The number of nitrogens with zero attached hydrogens (tertiary/aromatic N) is 1. The monoisotopic (exact) mass is 606 g/mol. The van der Waals surface area contributed by atoms with E-state index in [2.05, 4.69) is 20.3 Å². The van der Waals surface area contributed by atoms with Crippen molar-refractivity contribution < 1.29 is 26.4 Å². The molecule has 42 heavy (non-hydrogen) atoms. The van der Waals surface area contributed by atoms with Crippen molar-refractivity contribution >= 4 is 49.2 Å². The van der Waals surface area contributed by atoms with Crippen LogP contribution in [0.1, 0.15) is 21.5 Å². The van der Waals surface area contributed by atoms with Gasteiger partial charge in [0.25, 0.3) is 5.91 Å². The molecule has 0 atom stereocenters. The zero-order chi connectivity index (χ0) is 30.3. The molecular formula is C28H26N6O6S2. The Kier molecular flexibility index (Phi) is 9.12. The highest BCUT2D eigenvalue weighted by molar-refractivity contribution is 7.89. The number of sulfonamides is 2. The number of hydrogen-bond donors (Lipinski definition) is 5. The highest BCUT2D eigenvalue weighted by atomic mass is 32.2. The van der Waals surface area contributed by atoms with E-state index in [1.54, 1.807) is 54.6 Å². The number of benzene rings is 4. The minimum Gasteiger partial charge on any atom is -0.383 e. The molecule has 216 valence electrons. The van der Waals surface area contributed by atoms with Gasteiger partial charge >= 0.3 is 6.03 Å². The first-order valence-electron chi connectivity index (χ1n) is 12.2. The molecule has 4 rings (SSSR count). The van der Waals surface area contributed by atoms with Crippen molar-refractivity contribution in [3.05, 3.63) is 120 Å². The second-order valence-corrected chi connectivity index (χ2v) is 12.2. The molecule has 0 saturated carbocycles. The van der Waals surface area contributed by atoms with E-state index in [0.717, 1.165) is 0 Å². The van der Waals surface area contributed by atoms with Crippen molar-refractivity contribution in [3.8, 4) is 0 Å². The van der Waals surface area contributed by atoms with Crippen LogP contribution >= 0.6 is 0 Å². The summed E-state index contributed by atoms with van der Waals surface area (Å²) < 4.78 is 50.5. The minimum absolute atomic E-state index is 0.0150. The van der Waals surface area contributed by atoms with Crippen molar-refractivity contribution in [2.75, 3.05) is 10.6 Å². The minimum atomic E-state index is -3.90. The maximum atomic E-state index is 12.7. The Labute approximate surface area is 242 Å². The lowest BCUT2D eigenvalue weighted by molar-refractivity contribution is 0.100. The third-order valence-corrected chi connectivity index (χ3v) is 8.15. The SMILES string of the molecule is NC(=NC(=O)c1ccccc1)c1cccc(NC(=O)Nc2ccc(S(=O)(=O)NCc3ccc(S(N)(=O)=O)cc3)cc2)c1. The van der Waals surface area contributed by atoms with Gasteiger partial charge in [-0.1, -0.05) is 42.5 Å². The Balaban J connectivity index is 1.34. The van der Waals surface area contributed by atoms with Crippen LogP contribution in [-0.2, 0) is 26.6 Å². The molecule has 4 aromatic carbocycles. The number of carbonyl (C=O) groups is 2. The fourth-order valence-corrected chi connectivity index (χ4v) is 5.18. The van der Waals surface area contributed by atoms with Crippen LogP contribution in [-0.4, -0.2) is 34.6 Å². The highest BCUT2D eigenvalue weighted by Gasteiger charge is 2.15. The van der Waals surface area contributed by atoms with Gasteiger partial charge in [0.15, 0.2) is 0 Å². The lowest BCUT2D eigenvalue weighted by Crippen LogP contribution is -2.23. The van der Waals surface area contributed by atoms with Crippen molar-refractivity contribution in [1.29, 1.82) is 0 Å². The molecule has 0 fully saturated rings. The smallest absolute Gasteiger partial charge is 0.323 e. The van der Waals surface area contributed by atoms with E-state index in [1.165, 1.54) is 48.5 Å². The molecule has 4 aromatic rings. The van der Waals surface area contributed by atoms with Gasteiger partial charge in [-0.05, 0) is 66.2 Å². The number of nitrogens with one attached hydrogen (secondary N) is 3. The third-order valence-electron chi connectivity index (χ3n) is 5.80. The molecule has 0 aromatic heterocycles. The number of amidine groups is 1. The summed E-state index contributed by atoms with van der Waals surface area (Å²) >= 11 is 0. The quantitative estimate of drug-likeness (QED) is 0.142. The Morgan fingerprint density at radius 3 is 1.93 bits per heavy atom. The van der Waals surface area contributed by atoms with E-state index >= 15 is 0 Å². The van der Waals surface area contributed by atoms with Gasteiger partial charge in [-0.15, -0.1) is 0 Å². The molecule has 0 aliphatic heterocycles. The van der Waals surface area contributed by atoms with Crippen LogP contribution in [0.4, 0.5) is 16.2 Å². The number of primary sulfonamides is 1. The third kappa shape index (κ3) is 8.08. The standard InChI is InChI=1S/C28H26N6O6S2/c29-26(34-27(35)20-5-2-1-3-6-20)21-7-4-8-23(17-21)33-28(36)32-22-11-15-25(16-12-22)42(39,40)31-18-19-9-13-24(14-10-19)41(30,37)38/h1-17,31H,18H2,(H2,29,34,35)(H2,30,37,38)(H2,32,33,36). The lowest BCUT2D eigenvalue weighted by Gasteiger charge is -2.11. The molecular weight excluding hydrogens is 580 g/mol. The van der Waals surface area contributed by atoms with Crippen molar-refractivity contribution in [3.63, 3.8) is 0 Å². The molecule has 0 unspecified atom stereocenters. The zero-order valence-corrected chi connectivity index (χ0v) is 23.5. The molecule has 0 bridgehead atoms. The van der Waals surface area contributed by atoms with Crippen LogP contribution in [0.2, 0.25) is 0 Å². The van der Waals surface area contributed by atoms with Crippen LogP contribution in [0.3, 0.4) is 0 Å². The van der Waals surface area contributed by atoms with Crippen molar-refractivity contribution in [1.82, 2.24) is 4.72 Å². The molecule has 0 aliphatic carbocycles. The van der Waals surface area contributed by atoms with Gasteiger partial charge in [0.05, 0.1) is 9.79 Å². The van der Waals surface area contributed by atoms with E-state index in [4.69, 9.17) is 10.9 Å². The molecule has 7 N–H and O–H groups in total. The summed E-state index contributed by atoms with van der Waals surface area (Å²) in [6.07, 6.45) is 0. The van der Waals surface area contributed by atoms with Crippen molar-refractivity contribution in [2.24, 2.45) is 15.9 Å². The first-order valence-corrected chi connectivity index (χ1v) is 15.3. The number of hydrogen-bond acceptors (Lipinski definition) is 6. The fraction of sp³-hybridized carbons (Fsp3) is 0.0357. The van der Waals surface area contributed by atoms with Crippen LogP contribution in [0.15, 0.2) is 118 Å². The van der Waals surface area contributed by atoms with Gasteiger partial charge in [0, 0.05) is 29.0 Å². The molecule has 14 heteroatoms. The summed E-state index contributed by atoms with van der Waals surface area (Å²) in [6, 6.07) is 25.3. The van der Waals surface area contributed by atoms with Crippen LogP contribution < -0.4 is 26.2 Å². The average Bonchev–Trinajstić information content (AvgIpc) is 2.96. The topological polar surface area (TPSA) is 203 Å². The van der Waals surface area contributed by atoms with Gasteiger partial charge in [0.2, 0.25) is 20.0 Å². The van der Waals surface area contributed by atoms with Gasteiger partial charge < -0.3 is 16.4 Å². The predicted octanol–water partition coefficient (Wildman–Crippen LogP) is 3.00. The molecule has 12 nitrogen and oxygen atoms in total. The molecule has 0 spiro atoms. The summed E-state index contributed by atoms with van der Waals surface area (Å²) in [5.74, 6) is -0.512. The largest absolute Gasteiger partial charge is 0.383 e. The first-order chi connectivity index (χ1) is 19.9. The number of nitrogens with two attached hydrogens (primary N) is 2. The van der Waals surface area contributed by atoms with Gasteiger partial charge in [-0.25, -0.2) is 31.5 Å². The Morgan fingerprint density at radius 2 is 1.29 bits per heavy atom. The van der Waals surface area contributed by atoms with Gasteiger partial charge in [0.1, 0.15) is 5.84 Å². The Hall–Kier alpha value is -4.89. The number of aliphatic imine (C=N–C) groups is 1. The number of carbonyl (C=O) groups excluding carboxylic acids is 2.